The first kappa shape index (κ1) is 14.5. The van der Waals surface area contributed by atoms with Gasteiger partial charge in [0.05, 0.1) is 0 Å². The van der Waals surface area contributed by atoms with E-state index in [9.17, 15) is 4.79 Å². The van der Waals surface area contributed by atoms with Gasteiger partial charge in [0, 0.05) is 32.1 Å². The van der Waals surface area contributed by atoms with E-state index in [2.05, 4.69) is 39.9 Å². The van der Waals surface area contributed by atoms with E-state index in [1.807, 2.05) is 4.90 Å². The predicted molar refractivity (Wildman–Crippen MR) is 71.9 cm³/mol. The summed E-state index contributed by atoms with van der Waals surface area (Å²) in [7, 11) is 0. The van der Waals surface area contributed by atoms with E-state index >= 15 is 0 Å². The molecule has 0 aromatic heterocycles. The molecule has 1 rings (SSSR count). The Hall–Kier alpha value is -0.570. The Morgan fingerprint density at radius 2 is 2.12 bits per heavy atom. The SMILES string of the molecule is CC(CC(=O)N1CCNC[C@@H]1C)CC(C)(C)C. The number of carbonyl (C=O) groups excluding carboxylic acids is 1. The first-order valence-corrected chi connectivity index (χ1v) is 6.80. The van der Waals surface area contributed by atoms with Gasteiger partial charge < -0.3 is 10.2 Å². The predicted octanol–water partition coefficient (Wildman–Crippen LogP) is 2.27. The second kappa shape index (κ2) is 5.85. The van der Waals surface area contributed by atoms with Crippen LogP contribution >= 0.6 is 0 Å². The van der Waals surface area contributed by atoms with Crippen LogP contribution in [0.15, 0.2) is 0 Å². The third-order valence-corrected chi connectivity index (χ3v) is 3.31. The molecule has 1 amide bonds. The zero-order chi connectivity index (χ0) is 13.1. The molecule has 1 saturated heterocycles. The summed E-state index contributed by atoms with van der Waals surface area (Å²) >= 11 is 0. The van der Waals surface area contributed by atoms with E-state index < -0.39 is 0 Å². The summed E-state index contributed by atoms with van der Waals surface area (Å²) in [6.07, 6.45) is 1.81. The van der Waals surface area contributed by atoms with Crippen LogP contribution < -0.4 is 5.32 Å². The van der Waals surface area contributed by atoms with Crippen molar-refractivity contribution in [2.24, 2.45) is 11.3 Å². The fourth-order valence-corrected chi connectivity index (χ4v) is 2.74. The Bertz CT molecular complexity index is 257. The Balaban J connectivity index is 2.42. The molecule has 1 N–H and O–H groups in total. The number of amides is 1. The molecule has 3 nitrogen and oxygen atoms in total. The van der Waals surface area contributed by atoms with E-state index in [0.717, 1.165) is 26.1 Å². The number of hydrogen-bond acceptors (Lipinski definition) is 2. The number of carbonyl (C=O) groups is 1. The van der Waals surface area contributed by atoms with Gasteiger partial charge in [-0.3, -0.25) is 4.79 Å². The van der Waals surface area contributed by atoms with Gasteiger partial charge in [0.1, 0.15) is 0 Å². The van der Waals surface area contributed by atoms with Crippen LogP contribution in [-0.2, 0) is 4.79 Å². The van der Waals surface area contributed by atoms with Crippen molar-refractivity contribution < 1.29 is 4.79 Å². The lowest BCUT2D eigenvalue weighted by Gasteiger charge is -2.35. The van der Waals surface area contributed by atoms with E-state index in [-0.39, 0.29) is 0 Å². The van der Waals surface area contributed by atoms with Gasteiger partial charge in [-0.05, 0) is 24.7 Å². The van der Waals surface area contributed by atoms with E-state index in [1.165, 1.54) is 0 Å². The highest BCUT2D eigenvalue weighted by atomic mass is 16.2. The molecule has 1 fully saturated rings. The average Bonchev–Trinajstić information content (AvgIpc) is 2.14. The monoisotopic (exact) mass is 240 g/mol. The molecule has 1 unspecified atom stereocenters. The van der Waals surface area contributed by atoms with Gasteiger partial charge >= 0.3 is 0 Å². The van der Waals surface area contributed by atoms with Gasteiger partial charge in [-0.15, -0.1) is 0 Å². The minimum atomic E-state index is 0.314. The lowest BCUT2D eigenvalue weighted by atomic mass is 9.84. The fourth-order valence-electron chi connectivity index (χ4n) is 2.74. The maximum Gasteiger partial charge on any atom is 0.223 e. The van der Waals surface area contributed by atoms with Crippen molar-refractivity contribution in [1.29, 1.82) is 0 Å². The standard InChI is InChI=1S/C14H28N2O/c1-11(9-14(3,4)5)8-13(17)16-7-6-15-10-12(16)2/h11-12,15H,6-10H2,1-5H3/t11?,12-/m0/s1. The molecule has 3 heteroatoms. The van der Waals surface area contributed by atoms with Crippen LogP contribution in [0.4, 0.5) is 0 Å². The zero-order valence-corrected chi connectivity index (χ0v) is 12.0. The summed E-state index contributed by atoms with van der Waals surface area (Å²) in [5.41, 5.74) is 0.314. The molecular formula is C14H28N2O. The van der Waals surface area contributed by atoms with Crippen LogP contribution in [0.25, 0.3) is 0 Å². The third kappa shape index (κ3) is 5.07. The molecule has 1 aliphatic heterocycles. The first-order valence-electron chi connectivity index (χ1n) is 6.80. The van der Waals surface area contributed by atoms with Gasteiger partial charge in [0.2, 0.25) is 5.91 Å². The van der Waals surface area contributed by atoms with Crippen molar-refractivity contribution in [3.05, 3.63) is 0 Å². The van der Waals surface area contributed by atoms with Crippen molar-refractivity contribution in [3.8, 4) is 0 Å². The van der Waals surface area contributed by atoms with Gasteiger partial charge in [-0.2, -0.15) is 0 Å². The highest BCUT2D eigenvalue weighted by molar-refractivity contribution is 5.76. The summed E-state index contributed by atoms with van der Waals surface area (Å²) < 4.78 is 0. The molecule has 0 radical (unpaired) electrons. The van der Waals surface area contributed by atoms with Gasteiger partial charge in [-0.1, -0.05) is 27.7 Å². The molecule has 0 bridgehead atoms. The Labute approximate surface area is 106 Å². The molecule has 0 aromatic carbocycles. The summed E-state index contributed by atoms with van der Waals surface area (Å²) in [6.45, 7) is 13.8. The van der Waals surface area contributed by atoms with Gasteiger partial charge in [0.15, 0.2) is 0 Å². The number of nitrogens with zero attached hydrogens (tertiary/aromatic N) is 1. The average molecular weight is 240 g/mol. The van der Waals surface area contributed by atoms with Crippen molar-refractivity contribution in [2.45, 2.75) is 53.5 Å². The minimum absolute atomic E-state index is 0.314. The summed E-state index contributed by atoms with van der Waals surface area (Å²) in [5, 5.41) is 3.32. The van der Waals surface area contributed by atoms with Gasteiger partial charge in [-0.25, -0.2) is 0 Å². The maximum atomic E-state index is 12.2. The molecular weight excluding hydrogens is 212 g/mol. The van der Waals surface area contributed by atoms with Crippen LogP contribution in [0.1, 0.15) is 47.5 Å². The van der Waals surface area contributed by atoms with Crippen LogP contribution in [0.2, 0.25) is 0 Å². The highest BCUT2D eigenvalue weighted by Crippen LogP contribution is 2.26. The molecule has 2 atom stereocenters. The van der Waals surface area contributed by atoms with Crippen LogP contribution in [0.3, 0.4) is 0 Å². The molecule has 0 aliphatic carbocycles. The highest BCUT2D eigenvalue weighted by Gasteiger charge is 2.25. The first-order chi connectivity index (χ1) is 7.79. The molecule has 0 spiro atoms. The lowest BCUT2D eigenvalue weighted by molar-refractivity contribution is -0.135. The van der Waals surface area contributed by atoms with Gasteiger partial charge in [0.25, 0.3) is 0 Å². The van der Waals surface area contributed by atoms with E-state index in [1.54, 1.807) is 0 Å². The zero-order valence-electron chi connectivity index (χ0n) is 12.0. The topological polar surface area (TPSA) is 32.3 Å². The van der Waals surface area contributed by atoms with Crippen molar-refractivity contribution >= 4 is 5.91 Å². The lowest BCUT2D eigenvalue weighted by Crippen LogP contribution is -2.52. The fraction of sp³-hybridized carbons (Fsp3) is 0.929. The Morgan fingerprint density at radius 3 is 2.65 bits per heavy atom. The second-order valence-corrected chi connectivity index (χ2v) is 6.71. The molecule has 1 heterocycles. The Morgan fingerprint density at radius 1 is 1.47 bits per heavy atom. The number of hydrogen-bond donors (Lipinski definition) is 1. The summed E-state index contributed by atoms with van der Waals surface area (Å²) in [5.74, 6) is 0.806. The molecule has 17 heavy (non-hydrogen) atoms. The number of piperazine rings is 1. The summed E-state index contributed by atoms with van der Waals surface area (Å²) in [4.78, 5) is 14.2. The van der Waals surface area contributed by atoms with Crippen LogP contribution in [-0.4, -0.2) is 36.5 Å². The smallest absolute Gasteiger partial charge is 0.223 e. The molecule has 100 valence electrons. The van der Waals surface area contributed by atoms with Crippen molar-refractivity contribution in [3.63, 3.8) is 0 Å². The van der Waals surface area contributed by atoms with E-state index in [0.29, 0.717) is 29.7 Å². The number of nitrogens with one attached hydrogen (secondary N) is 1. The Kier molecular flexibility index (Phi) is 4.99. The normalized spacial score (nSPS) is 23.6. The van der Waals surface area contributed by atoms with Crippen molar-refractivity contribution in [1.82, 2.24) is 10.2 Å². The largest absolute Gasteiger partial charge is 0.337 e. The van der Waals surface area contributed by atoms with Crippen LogP contribution in [0.5, 0.6) is 0 Å². The number of rotatable bonds is 3. The summed E-state index contributed by atoms with van der Waals surface area (Å²) in [6, 6.07) is 0.345. The second-order valence-electron chi connectivity index (χ2n) is 6.71. The molecule has 0 saturated carbocycles. The van der Waals surface area contributed by atoms with Crippen molar-refractivity contribution in [2.75, 3.05) is 19.6 Å². The maximum absolute atomic E-state index is 12.2. The molecule has 0 aromatic rings. The quantitative estimate of drug-likeness (QED) is 0.821. The third-order valence-electron chi connectivity index (χ3n) is 3.31. The minimum Gasteiger partial charge on any atom is -0.337 e. The van der Waals surface area contributed by atoms with E-state index in [4.69, 9.17) is 0 Å². The molecule has 1 aliphatic rings. The van der Waals surface area contributed by atoms with Crippen LogP contribution in [0, 0.1) is 11.3 Å².